The highest BCUT2D eigenvalue weighted by molar-refractivity contribution is 9.10. The van der Waals surface area contributed by atoms with Gasteiger partial charge in [-0.1, -0.05) is 113 Å². The van der Waals surface area contributed by atoms with Gasteiger partial charge < -0.3 is 14.0 Å². The van der Waals surface area contributed by atoms with Crippen LogP contribution in [0.5, 0.6) is 0 Å². The monoisotopic (exact) mass is 653 g/mol. The van der Waals surface area contributed by atoms with E-state index >= 15 is 0 Å². The molecule has 0 N–H and O–H groups in total. The molecule has 2 aromatic heterocycles. The molecule has 0 fully saturated rings. The summed E-state index contributed by atoms with van der Waals surface area (Å²) in [6.45, 7) is 0. The number of fused-ring (bicyclic) bond motifs is 6. The van der Waals surface area contributed by atoms with Gasteiger partial charge in [-0.15, -0.1) is 0 Å². The first-order chi connectivity index (χ1) is 22.8. The van der Waals surface area contributed by atoms with Gasteiger partial charge in [-0.3, -0.25) is 0 Å². The lowest BCUT2D eigenvalue weighted by atomic mass is 10.1. The second-order valence-electron chi connectivity index (χ2n) is 11.5. The van der Waals surface area contributed by atoms with Crippen LogP contribution in [-0.4, -0.2) is 9.13 Å². The normalized spacial score (nSPS) is 11.6. The van der Waals surface area contributed by atoms with Crippen molar-refractivity contribution in [2.24, 2.45) is 0 Å². The molecule has 0 bridgehead atoms. The molecule has 4 heteroatoms. The molecule has 0 atom stereocenters. The molecule has 0 aliphatic heterocycles. The topological polar surface area (TPSA) is 13.1 Å². The average molecular weight is 655 g/mol. The third-order valence-corrected chi connectivity index (χ3v) is 9.47. The summed E-state index contributed by atoms with van der Waals surface area (Å²) in [6, 6.07) is 60.9. The van der Waals surface area contributed by atoms with Crippen LogP contribution in [0.15, 0.2) is 174 Å². The van der Waals surface area contributed by atoms with E-state index in [4.69, 9.17) is 0 Å². The highest BCUT2D eigenvalue weighted by Gasteiger charge is 2.25. The van der Waals surface area contributed by atoms with E-state index in [-0.39, 0.29) is 0 Å². The summed E-state index contributed by atoms with van der Waals surface area (Å²) in [5.41, 5.74) is 10.3. The molecule has 0 aliphatic carbocycles. The Morgan fingerprint density at radius 2 is 0.783 bits per heavy atom. The van der Waals surface area contributed by atoms with E-state index in [1.165, 1.54) is 32.6 Å². The maximum Gasteiger partial charge on any atom is 0.0782 e. The molecule has 0 saturated carbocycles. The largest absolute Gasteiger partial charge is 0.307 e. The molecule has 9 rings (SSSR count). The SMILES string of the molecule is Brc1ccc(N(c2cccc3c4ccccc4n(-c4ccccc4)c23)c2cccc3c4ccccc4n(-c4ccccc4)c23)cc1. The van der Waals surface area contributed by atoms with E-state index < -0.39 is 0 Å². The zero-order chi connectivity index (χ0) is 30.6. The Kier molecular flexibility index (Phi) is 6.29. The zero-order valence-electron chi connectivity index (χ0n) is 24.9. The van der Waals surface area contributed by atoms with Gasteiger partial charge in [0.25, 0.3) is 0 Å². The highest BCUT2D eigenvalue weighted by Crippen LogP contribution is 2.47. The molecule has 46 heavy (non-hydrogen) atoms. The van der Waals surface area contributed by atoms with E-state index in [0.717, 1.165) is 43.9 Å². The Balaban J connectivity index is 1.45. The number of halogens is 1. The number of nitrogens with zero attached hydrogens (tertiary/aromatic N) is 3. The molecule has 9 aromatic rings. The van der Waals surface area contributed by atoms with Crippen LogP contribution in [-0.2, 0) is 0 Å². The lowest BCUT2D eigenvalue weighted by Gasteiger charge is -2.28. The van der Waals surface area contributed by atoms with Crippen molar-refractivity contribution in [3.8, 4) is 11.4 Å². The second kappa shape index (κ2) is 10.8. The van der Waals surface area contributed by atoms with Gasteiger partial charge in [0, 0.05) is 43.1 Å². The fourth-order valence-corrected chi connectivity index (χ4v) is 7.31. The molecule has 0 radical (unpaired) electrons. The first-order valence-corrected chi connectivity index (χ1v) is 16.3. The Morgan fingerprint density at radius 3 is 1.26 bits per heavy atom. The third kappa shape index (κ3) is 4.11. The Morgan fingerprint density at radius 1 is 0.370 bits per heavy atom. The number of hydrogen-bond donors (Lipinski definition) is 0. The summed E-state index contributed by atoms with van der Waals surface area (Å²) in [4.78, 5) is 2.44. The molecule has 3 nitrogen and oxygen atoms in total. The van der Waals surface area contributed by atoms with E-state index in [1.807, 2.05) is 0 Å². The Labute approximate surface area is 275 Å². The summed E-state index contributed by atoms with van der Waals surface area (Å²) in [5.74, 6) is 0. The van der Waals surface area contributed by atoms with Crippen LogP contribution in [0.2, 0.25) is 0 Å². The smallest absolute Gasteiger partial charge is 0.0782 e. The van der Waals surface area contributed by atoms with Gasteiger partial charge in [0.1, 0.15) is 0 Å². The standard InChI is InChI=1S/C42H28BrN3/c43-29-25-27-32(28-26-29)44(39-23-11-19-35-33-17-7-9-21-37(33)45(41(35)39)30-13-3-1-4-14-30)40-24-12-20-36-34-18-8-10-22-38(34)46(42(36)40)31-15-5-2-6-16-31/h1-28H. The number of benzene rings is 7. The van der Waals surface area contributed by atoms with Crippen molar-refractivity contribution in [2.75, 3.05) is 4.90 Å². The molecule has 218 valence electrons. The molecule has 0 amide bonds. The van der Waals surface area contributed by atoms with E-state index in [2.05, 4.69) is 200 Å². The molecule has 2 heterocycles. The van der Waals surface area contributed by atoms with Crippen LogP contribution in [0.25, 0.3) is 55.0 Å². The van der Waals surface area contributed by atoms with E-state index in [1.54, 1.807) is 0 Å². The quantitative estimate of drug-likeness (QED) is 0.180. The zero-order valence-corrected chi connectivity index (χ0v) is 26.5. The predicted molar refractivity (Wildman–Crippen MR) is 198 cm³/mol. The molecule has 7 aromatic carbocycles. The number of anilines is 3. The highest BCUT2D eigenvalue weighted by atomic mass is 79.9. The Bertz CT molecular complexity index is 2370. The average Bonchev–Trinajstić information content (AvgIpc) is 3.64. The number of rotatable bonds is 5. The summed E-state index contributed by atoms with van der Waals surface area (Å²) in [7, 11) is 0. The minimum atomic E-state index is 1.05. The first kappa shape index (κ1) is 26.8. The molecule has 0 aliphatic rings. The van der Waals surface area contributed by atoms with Crippen molar-refractivity contribution in [2.45, 2.75) is 0 Å². The summed E-state index contributed by atoms with van der Waals surface area (Å²) < 4.78 is 5.88. The van der Waals surface area contributed by atoms with Crippen LogP contribution in [0.3, 0.4) is 0 Å². The van der Waals surface area contributed by atoms with Crippen molar-refractivity contribution in [3.63, 3.8) is 0 Å². The van der Waals surface area contributed by atoms with Gasteiger partial charge in [-0.25, -0.2) is 0 Å². The number of aromatic nitrogens is 2. The van der Waals surface area contributed by atoms with Crippen molar-refractivity contribution >= 4 is 76.6 Å². The van der Waals surface area contributed by atoms with Gasteiger partial charge in [-0.2, -0.15) is 0 Å². The summed E-state index contributed by atoms with van der Waals surface area (Å²) >= 11 is 3.69. The lowest BCUT2D eigenvalue weighted by Crippen LogP contribution is -2.13. The predicted octanol–water partition coefficient (Wildman–Crippen LogP) is 12.1. The van der Waals surface area contributed by atoms with Crippen LogP contribution in [0, 0.1) is 0 Å². The molecule has 0 saturated heterocycles. The summed E-state index contributed by atoms with van der Waals surface area (Å²) in [6.07, 6.45) is 0. The van der Waals surface area contributed by atoms with Crippen molar-refractivity contribution < 1.29 is 0 Å². The van der Waals surface area contributed by atoms with Gasteiger partial charge in [0.05, 0.1) is 33.4 Å². The molecular formula is C42H28BrN3. The van der Waals surface area contributed by atoms with Gasteiger partial charge in [0.15, 0.2) is 0 Å². The van der Waals surface area contributed by atoms with Crippen molar-refractivity contribution in [1.82, 2.24) is 9.13 Å². The van der Waals surface area contributed by atoms with Gasteiger partial charge in [-0.05, 0) is 72.8 Å². The lowest BCUT2D eigenvalue weighted by molar-refractivity contribution is 1.15. The van der Waals surface area contributed by atoms with Crippen molar-refractivity contribution in [3.05, 3.63) is 174 Å². The van der Waals surface area contributed by atoms with Gasteiger partial charge in [0.2, 0.25) is 0 Å². The number of hydrogen-bond acceptors (Lipinski definition) is 1. The summed E-state index contributed by atoms with van der Waals surface area (Å²) in [5, 5.41) is 4.90. The van der Waals surface area contributed by atoms with Crippen LogP contribution in [0.4, 0.5) is 17.1 Å². The Hall–Kier alpha value is -5.58. The van der Waals surface area contributed by atoms with E-state index in [0.29, 0.717) is 0 Å². The maximum atomic E-state index is 3.69. The molecular weight excluding hydrogens is 626 g/mol. The minimum absolute atomic E-state index is 1.05. The molecule has 0 spiro atoms. The number of para-hydroxylation sites is 6. The van der Waals surface area contributed by atoms with E-state index in [9.17, 15) is 0 Å². The fraction of sp³-hybridized carbons (Fsp3) is 0. The van der Waals surface area contributed by atoms with Crippen LogP contribution < -0.4 is 4.90 Å². The minimum Gasteiger partial charge on any atom is -0.307 e. The first-order valence-electron chi connectivity index (χ1n) is 15.5. The fourth-order valence-electron chi connectivity index (χ4n) is 7.05. The van der Waals surface area contributed by atoms with Crippen LogP contribution in [0.1, 0.15) is 0 Å². The van der Waals surface area contributed by atoms with Crippen molar-refractivity contribution in [1.29, 1.82) is 0 Å². The second-order valence-corrected chi connectivity index (χ2v) is 12.5. The van der Waals surface area contributed by atoms with Crippen LogP contribution >= 0.6 is 15.9 Å². The third-order valence-electron chi connectivity index (χ3n) is 8.94. The molecule has 0 unspecified atom stereocenters. The maximum absolute atomic E-state index is 3.69. The van der Waals surface area contributed by atoms with Gasteiger partial charge >= 0.3 is 0 Å².